The lowest BCUT2D eigenvalue weighted by Crippen LogP contribution is -2.53. The highest BCUT2D eigenvalue weighted by molar-refractivity contribution is 6.89. The van der Waals surface area contributed by atoms with Gasteiger partial charge in [-0.25, -0.2) is 0 Å². The number of aromatic nitrogens is 3. The standard InChI is InChI=1S/C66H63N3OSi/c1-40(2)32-44-35-55-47-26-16-17-27-48(47)62-52-34-45-33-41(3)60-49-28-18-21-31-58(49)70-64(60)61(45)65-68(56(52)38-57(62)67(55)39-59(44)71(7,8)9)53-29-19-20-30-54(53)69(65)63-50(42-22-12-10-13-23-42)36-46(66(4,5)6)37-51(63)43-24-14-11-15-25-43/h10-31,33,35-37,39-40,57,62H,32,34,38H2,1-9H3/q+2. The largest absolute Gasteiger partial charge is 0.455 e. The van der Waals surface area contributed by atoms with Crippen molar-refractivity contribution in [3.8, 4) is 50.6 Å². The zero-order valence-corrected chi connectivity index (χ0v) is 43.7. The molecule has 3 aliphatic rings. The number of benzene rings is 7. The van der Waals surface area contributed by atoms with Crippen LogP contribution < -0.4 is 14.3 Å². The van der Waals surface area contributed by atoms with Crippen molar-refractivity contribution in [1.82, 2.24) is 4.57 Å². The molecular weight excluding hydrogens is 879 g/mol. The first kappa shape index (κ1) is 43.9. The number of para-hydroxylation sites is 3. The third-order valence-corrected chi connectivity index (χ3v) is 18.1. The lowest BCUT2D eigenvalue weighted by molar-refractivity contribution is -0.715. The summed E-state index contributed by atoms with van der Waals surface area (Å²) in [4.78, 5) is 0. The van der Waals surface area contributed by atoms with Crippen molar-refractivity contribution < 1.29 is 13.6 Å². The van der Waals surface area contributed by atoms with Gasteiger partial charge >= 0.3 is 5.82 Å². The van der Waals surface area contributed by atoms with Crippen molar-refractivity contribution >= 4 is 51.9 Å². The fourth-order valence-corrected chi connectivity index (χ4v) is 14.6. The van der Waals surface area contributed by atoms with Gasteiger partial charge in [0.1, 0.15) is 22.5 Å². The van der Waals surface area contributed by atoms with Gasteiger partial charge in [0, 0.05) is 33.2 Å². The molecule has 5 heteroatoms. The summed E-state index contributed by atoms with van der Waals surface area (Å²) in [6.45, 7) is 21.7. The van der Waals surface area contributed by atoms with Crippen LogP contribution >= 0.6 is 0 Å². The van der Waals surface area contributed by atoms with Crippen LogP contribution in [0.15, 0.2) is 174 Å². The molecule has 5 heterocycles. The molecule has 0 saturated heterocycles. The zero-order valence-electron chi connectivity index (χ0n) is 42.7. The molecule has 0 bridgehead atoms. The second-order valence-corrected chi connectivity index (χ2v) is 28.3. The summed E-state index contributed by atoms with van der Waals surface area (Å²) in [7, 11) is -1.74. The van der Waals surface area contributed by atoms with Crippen molar-refractivity contribution in [1.29, 1.82) is 0 Å². The molecule has 13 rings (SSSR count). The van der Waals surface area contributed by atoms with Crippen LogP contribution in [0.25, 0.3) is 89.3 Å². The maximum absolute atomic E-state index is 7.29. The Bertz CT molecular complexity index is 3790. The summed E-state index contributed by atoms with van der Waals surface area (Å²) in [5.74, 6) is 1.92. The van der Waals surface area contributed by atoms with Crippen LogP contribution in [0.1, 0.15) is 80.8 Å². The van der Waals surface area contributed by atoms with E-state index in [9.17, 15) is 0 Å². The smallest absolute Gasteiger partial charge is 0.304 e. The minimum Gasteiger partial charge on any atom is -0.455 e. The van der Waals surface area contributed by atoms with Gasteiger partial charge in [0.05, 0.1) is 26.0 Å². The van der Waals surface area contributed by atoms with E-state index in [1.807, 2.05) is 0 Å². The van der Waals surface area contributed by atoms with E-state index >= 15 is 0 Å². The van der Waals surface area contributed by atoms with E-state index in [1.165, 1.54) is 100 Å². The maximum atomic E-state index is 7.29. The van der Waals surface area contributed by atoms with E-state index in [0.29, 0.717) is 5.92 Å². The number of hydrogen-bond donors (Lipinski definition) is 0. The number of allylic oxidation sites excluding steroid dienone is 2. The first-order chi connectivity index (χ1) is 34.2. The van der Waals surface area contributed by atoms with Crippen LogP contribution in [0.4, 0.5) is 0 Å². The molecule has 0 radical (unpaired) electrons. The molecule has 0 fully saturated rings. The first-order valence-corrected chi connectivity index (χ1v) is 29.4. The number of fused-ring (bicyclic) bond motifs is 17. The molecule has 71 heavy (non-hydrogen) atoms. The molecule has 0 amide bonds. The lowest BCUT2D eigenvalue weighted by Gasteiger charge is -2.30. The van der Waals surface area contributed by atoms with Crippen molar-refractivity contribution in [2.24, 2.45) is 5.92 Å². The van der Waals surface area contributed by atoms with Gasteiger partial charge in [-0.1, -0.05) is 170 Å². The Morgan fingerprint density at radius 2 is 1.38 bits per heavy atom. The SMILES string of the molecule is Cc1cc2c(c3oc4ccccc4c13)-c1n(-c3c(-c4ccccc4)cc(C(C)(C)C)cc3-c3ccccc3)c3ccccc3[n+]1C1=C(C2)C2c3ccccc3-c3cc(CC(C)C)c([Si](C)(C)C)c[n+]3C2C1. The van der Waals surface area contributed by atoms with Gasteiger partial charge < -0.3 is 4.42 Å². The molecule has 2 atom stereocenters. The monoisotopic (exact) mass is 941 g/mol. The molecule has 4 nitrogen and oxygen atoms in total. The van der Waals surface area contributed by atoms with Crippen molar-refractivity contribution in [3.05, 3.63) is 197 Å². The minimum absolute atomic E-state index is 0.102. The van der Waals surface area contributed by atoms with Crippen molar-refractivity contribution in [2.45, 2.75) is 97.8 Å². The van der Waals surface area contributed by atoms with E-state index < -0.39 is 8.07 Å². The summed E-state index contributed by atoms with van der Waals surface area (Å²) < 4.78 is 15.4. The molecule has 1 aliphatic carbocycles. The van der Waals surface area contributed by atoms with E-state index in [0.717, 1.165) is 41.6 Å². The molecule has 0 N–H and O–H groups in total. The average Bonchev–Trinajstić information content (AvgIpc) is 4.02. The van der Waals surface area contributed by atoms with E-state index in [-0.39, 0.29) is 17.4 Å². The number of nitrogens with zero attached hydrogens (tertiary/aromatic N) is 3. The summed E-state index contributed by atoms with van der Waals surface area (Å²) in [5, 5.41) is 3.95. The second kappa shape index (κ2) is 16.0. The van der Waals surface area contributed by atoms with Crippen LogP contribution in [-0.2, 0) is 18.3 Å². The molecule has 350 valence electrons. The molecular formula is C66H63N3OSi+2. The van der Waals surface area contributed by atoms with Gasteiger partial charge in [-0.05, 0) is 112 Å². The zero-order chi connectivity index (χ0) is 48.7. The van der Waals surface area contributed by atoms with Crippen molar-refractivity contribution in [3.63, 3.8) is 0 Å². The molecule has 0 spiro atoms. The Morgan fingerprint density at radius 1 is 0.732 bits per heavy atom. The van der Waals surface area contributed by atoms with Crippen LogP contribution in [0, 0.1) is 12.8 Å². The van der Waals surface area contributed by atoms with Gasteiger partial charge in [0.25, 0.3) is 0 Å². The Labute approximate surface area is 419 Å². The third-order valence-electron chi connectivity index (χ3n) is 16.1. The fourth-order valence-electron chi connectivity index (χ4n) is 13.0. The molecule has 2 aliphatic heterocycles. The van der Waals surface area contributed by atoms with Gasteiger partial charge in [0.2, 0.25) is 5.69 Å². The first-order valence-electron chi connectivity index (χ1n) is 25.9. The van der Waals surface area contributed by atoms with Crippen LogP contribution in [-0.4, -0.2) is 12.6 Å². The molecule has 2 unspecified atom stereocenters. The Hall–Kier alpha value is -7.08. The number of rotatable bonds is 6. The predicted molar refractivity (Wildman–Crippen MR) is 297 cm³/mol. The maximum Gasteiger partial charge on any atom is 0.304 e. The number of aryl methyl sites for hydroxylation is 1. The summed E-state index contributed by atoms with van der Waals surface area (Å²) in [6.07, 6.45) is 5.46. The van der Waals surface area contributed by atoms with Gasteiger partial charge in [-0.2, -0.15) is 13.7 Å². The second-order valence-electron chi connectivity index (χ2n) is 23.3. The Morgan fingerprint density at radius 3 is 2.07 bits per heavy atom. The third kappa shape index (κ3) is 6.75. The molecule has 0 saturated carbocycles. The number of hydrogen-bond acceptors (Lipinski definition) is 1. The minimum atomic E-state index is -1.74. The van der Waals surface area contributed by atoms with Gasteiger partial charge in [-0.15, -0.1) is 0 Å². The predicted octanol–water partition coefficient (Wildman–Crippen LogP) is 15.6. The Kier molecular flexibility index (Phi) is 9.87. The number of imidazole rings is 1. The van der Waals surface area contributed by atoms with Gasteiger partial charge in [0.15, 0.2) is 28.9 Å². The van der Waals surface area contributed by atoms with E-state index in [2.05, 4.69) is 239 Å². The molecule has 10 aromatic rings. The highest BCUT2D eigenvalue weighted by atomic mass is 28.3. The summed E-state index contributed by atoms with van der Waals surface area (Å²) >= 11 is 0. The highest BCUT2D eigenvalue weighted by Gasteiger charge is 2.53. The average molecular weight is 942 g/mol. The van der Waals surface area contributed by atoms with Crippen LogP contribution in [0.5, 0.6) is 0 Å². The summed E-state index contributed by atoms with van der Waals surface area (Å²) in [5.41, 5.74) is 23.8. The number of pyridine rings is 1. The number of furan rings is 1. The topological polar surface area (TPSA) is 25.8 Å². The van der Waals surface area contributed by atoms with E-state index in [4.69, 9.17) is 4.42 Å². The quantitative estimate of drug-likeness (QED) is 0.120. The molecule has 3 aromatic heterocycles. The van der Waals surface area contributed by atoms with Crippen molar-refractivity contribution in [2.75, 3.05) is 0 Å². The Balaban J connectivity index is 1.19. The highest BCUT2D eigenvalue weighted by Crippen LogP contribution is 2.55. The normalized spacial score (nSPS) is 16.3. The van der Waals surface area contributed by atoms with Crippen LogP contribution in [0.3, 0.4) is 0 Å². The fraction of sp³-hybridized carbons (Fsp3) is 0.242. The summed E-state index contributed by atoms with van der Waals surface area (Å²) in [6, 6.07) is 59.8. The lowest BCUT2D eigenvalue weighted by atomic mass is 9.79. The van der Waals surface area contributed by atoms with Crippen LogP contribution in [0.2, 0.25) is 19.6 Å². The van der Waals surface area contributed by atoms with E-state index in [1.54, 1.807) is 5.19 Å². The molecule has 7 aromatic carbocycles. The van der Waals surface area contributed by atoms with Gasteiger partial charge in [-0.3, -0.25) is 0 Å².